The lowest BCUT2D eigenvalue weighted by molar-refractivity contribution is -0.119. The Balaban J connectivity index is 3.44. The van der Waals surface area contributed by atoms with Crippen LogP contribution in [0.5, 0.6) is 0 Å². The van der Waals surface area contributed by atoms with Crippen LogP contribution in [0.25, 0.3) is 0 Å². The Bertz CT molecular complexity index is 432. The summed E-state index contributed by atoms with van der Waals surface area (Å²) in [5, 5.41) is 0.726. The van der Waals surface area contributed by atoms with Crippen molar-refractivity contribution in [3.8, 4) is 0 Å². The number of hydrogen-bond acceptors (Lipinski definition) is 7. The van der Waals surface area contributed by atoms with Gasteiger partial charge in [0, 0.05) is 12.8 Å². The molecule has 0 bridgehead atoms. The van der Waals surface area contributed by atoms with Crippen LogP contribution in [0.2, 0.25) is 0 Å². The molecule has 0 radical (unpaired) electrons. The highest BCUT2D eigenvalue weighted by molar-refractivity contribution is 7.74. The van der Waals surface area contributed by atoms with Crippen LogP contribution < -0.4 is 5.32 Å². The first-order valence-corrected chi connectivity index (χ1v) is 10.5. The molecule has 1 aliphatic rings. The summed E-state index contributed by atoms with van der Waals surface area (Å²) in [6.07, 6.45) is 0.0503. The lowest BCUT2D eigenvalue weighted by atomic mass is 10.4. The summed E-state index contributed by atoms with van der Waals surface area (Å²) in [6, 6.07) is 0. The standard InChI is InChI=1S/C12H25NO7P2/c1-5-17-21(15,18-6-2)12(10-9-11(14)13-12)22(16,19-7-3)20-8-4/h5-10H2,1-4H3,(H,13,14). The number of rotatable bonds is 10. The predicted molar refractivity (Wildman–Crippen MR) is 81.8 cm³/mol. The van der Waals surface area contributed by atoms with E-state index in [-0.39, 0.29) is 45.2 Å². The summed E-state index contributed by atoms with van der Waals surface area (Å²) in [6.45, 7) is 6.87. The van der Waals surface area contributed by atoms with Crippen molar-refractivity contribution < 1.29 is 32.0 Å². The summed E-state index contributed by atoms with van der Waals surface area (Å²) < 4.78 is 47.9. The normalized spacial score (nSPS) is 18.5. The van der Waals surface area contributed by atoms with Crippen LogP contribution in [0.15, 0.2) is 0 Å². The van der Waals surface area contributed by atoms with Crippen molar-refractivity contribution in [2.45, 2.75) is 45.6 Å². The highest BCUT2D eigenvalue weighted by Crippen LogP contribution is 2.78. The molecule has 0 spiro atoms. The number of carbonyl (C=O) groups is 1. The van der Waals surface area contributed by atoms with Gasteiger partial charge in [-0.1, -0.05) is 0 Å². The fourth-order valence-corrected chi connectivity index (χ4v) is 7.93. The van der Waals surface area contributed by atoms with Crippen LogP contribution in [0.1, 0.15) is 40.5 Å². The number of hydrogen-bond donors (Lipinski definition) is 1. The van der Waals surface area contributed by atoms with Gasteiger partial charge < -0.3 is 23.4 Å². The molecule has 1 aliphatic heterocycles. The largest absolute Gasteiger partial charge is 0.368 e. The molecule has 10 heteroatoms. The fourth-order valence-electron chi connectivity index (χ4n) is 2.38. The number of carbonyl (C=O) groups excluding carboxylic acids is 1. The van der Waals surface area contributed by atoms with Gasteiger partial charge in [0.2, 0.25) is 10.9 Å². The summed E-state index contributed by atoms with van der Waals surface area (Å²) in [5.41, 5.74) is 0. The van der Waals surface area contributed by atoms with Crippen molar-refractivity contribution in [1.29, 1.82) is 0 Å². The fraction of sp³-hybridized carbons (Fsp3) is 0.917. The minimum Gasteiger partial charge on any atom is -0.330 e. The topological polar surface area (TPSA) is 100 Å². The first kappa shape index (κ1) is 19.8. The smallest absolute Gasteiger partial charge is 0.330 e. The summed E-state index contributed by atoms with van der Waals surface area (Å²) in [7, 11) is -7.92. The van der Waals surface area contributed by atoms with E-state index in [0.29, 0.717) is 0 Å². The van der Waals surface area contributed by atoms with Crippen molar-refractivity contribution in [2.24, 2.45) is 0 Å². The zero-order chi connectivity index (χ0) is 16.9. The summed E-state index contributed by atoms with van der Waals surface area (Å²) >= 11 is 0. The van der Waals surface area contributed by atoms with E-state index in [4.69, 9.17) is 18.1 Å². The Morgan fingerprint density at radius 1 is 0.909 bits per heavy atom. The second kappa shape index (κ2) is 8.04. The third-order valence-electron chi connectivity index (χ3n) is 3.14. The minimum atomic E-state index is -3.96. The lowest BCUT2D eigenvalue weighted by Crippen LogP contribution is -2.43. The van der Waals surface area contributed by atoms with Crippen molar-refractivity contribution >= 4 is 21.1 Å². The van der Waals surface area contributed by atoms with Gasteiger partial charge in [0.15, 0.2) is 0 Å². The van der Waals surface area contributed by atoms with Crippen LogP contribution >= 0.6 is 15.2 Å². The van der Waals surface area contributed by atoms with E-state index >= 15 is 0 Å². The molecule has 1 heterocycles. The molecule has 22 heavy (non-hydrogen) atoms. The van der Waals surface area contributed by atoms with Crippen LogP contribution in [-0.2, 0) is 32.0 Å². The first-order valence-electron chi connectivity index (χ1n) is 7.44. The molecule has 1 fully saturated rings. The molecule has 0 unspecified atom stereocenters. The molecule has 1 N–H and O–H groups in total. The molecule has 0 atom stereocenters. The van der Waals surface area contributed by atoms with E-state index < -0.39 is 20.2 Å². The van der Waals surface area contributed by atoms with E-state index in [0.717, 1.165) is 0 Å². The van der Waals surface area contributed by atoms with E-state index in [1.54, 1.807) is 27.7 Å². The SMILES string of the molecule is CCOP(=O)(OCC)C1(P(=O)(OCC)OCC)CCC(=O)N1. The highest BCUT2D eigenvalue weighted by atomic mass is 31.2. The van der Waals surface area contributed by atoms with Crippen LogP contribution in [0.4, 0.5) is 0 Å². The Hall–Kier alpha value is -0.230. The minimum absolute atomic E-state index is 0.000386. The van der Waals surface area contributed by atoms with Crippen molar-refractivity contribution in [2.75, 3.05) is 26.4 Å². The van der Waals surface area contributed by atoms with Crippen molar-refractivity contribution in [3.63, 3.8) is 0 Å². The molecular weight excluding hydrogens is 332 g/mol. The third-order valence-corrected chi connectivity index (χ3v) is 9.49. The summed E-state index contributed by atoms with van der Waals surface area (Å²) in [5.74, 6) is -0.390. The molecule has 1 saturated heterocycles. The van der Waals surface area contributed by atoms with Gasteiger partial charge >= 0.3 is 15.2 Å². The molecule has 0 aliphatic carbocycles. The van der Waals surface area contributed by atoms with E-state index in [1.165, 1.54) is 0 Å². The average molecular weight is 357 g/mol. The zero-order valence-corrected chi connectivity index (χ0v) is 15.3. The maximum Gasteiger partial charge on any atom is 0.368 e. The molecule has 0 aromatic rings. The van der Waals surface area contributed by atoms with Gasteiger partial charge in [0.05, 0.1) is 26.4 Å². The van der Waals surface area contributed by atoms with E-state index in [2.05, 4.69) is 5.32 Å². The Morgan fingerprint density at radius 2 is 1.27 bits per heavy atom. The highest BCUT2D eigenvalue weighted by Gasteiger charge is 2.68. The molecule has 1 amide bonds. The predicted octanol–water partition coefficient (Wildman–Crippen LogP) is 3.08. The maximum atomic E-state index is 13.3. The maximum absolute atomic E-state index is 13.3. The first-order chi connectivity index (χ1) is 10.3. The molecular formula is C12H25NO7P2. The van der Waals surface area contributed by atoms with E-state index in [1.807, 2.05) is 0 Å². The molecule has 0 aromatic heterocycles. The average Bonchev–Trinajstić information content (AvgIpc) is 2.84. The van der Waals surface area contributed by atoms with Crippen LogP contribution in [0.3, 0.4) is 0 Å². The van der Waals surface area contributed by atoms with Gasteiger partial charge in [-0.15, -0.1) is 0 Å². The van der Waals surface area contributed by atoms with Crippen molar-refractivity contribution in [1.82, 2.24) is 5.32 Å². The molecule has 0 aromatic carbocycles. The monoisotopic (exact) mass is 357 g/mol. The molecule has 0 saturated carbocycles. The lowest BCUT2D eigenvalue weighted by Gasteiger charge is -2.39. The second-order valence-corrected chi connectivity index (χ2v) is 9.43. The quantitative estimate of drug-likeness (QED) is 0.600. The zero-order valence-electron chi connectivity index (χ0n) is 13.5. The molecule has 8 nitrogen and oxygen atoms in total. The van der Waals surface area contributed by atoms with Gasteiger partial charge in [-0.25, -0.2) is 0 Å². The molecule has 1 rings (SSSR count). The van der Waals surface area contributed by atoms with Gasteiger partial charge in [0.1, 0.15) is 0 Å². The van der Waals surface area contributed by atoms with Crippen LogP contribution in [-0.4, -0.2) is 37.4 Å². The Morgan fingerprint density at radius 3 is 1.50 bits per heavy atom. The Kier molecular flexibility index (Phi) is 7.24. The van der Waals surface area contributed by atoms with Crippen molar-refractivity contribution in [3.05, 3.63) is 0 Å². The number of amides is 1. The second-order valence-electron chi connectivity index (χ2n) is 4.53. The summed E-state index contributed by atoms with van der Waals surface area (Å²) in [4.78, 5) is 11.8. The molecule has 130 valence electrons. The van der Waals surface area contributed by atoms with E-state index in [9.17, 15) is 13.9 Å². The number of nitrogens with one attached hydrogen (secondary N) is 1. The van der Waals surface area contributed by atoms with Gasteiger partial charge in [0.25, 0.3) is 0 Å². The van der Waals surface area contributed by atoms with Crippen LogP contribution in [0, 0.1) is 0 Å². The van der Waals surface area contributed by atoms with Gasteiger partial charge in [-0.2, -0.15) is 0 Å². The Labute approximate surface area is 131 Å². The van der Waals surface area contributed by atoms with Gasteiger partial charge in [-0.05, 0) is 27.7 Å². The van der Waals surface area contributed by atoms with Gasteiger partial charge in [-0.3, -0.25) is 13.9 Å². The third kappa shape index (κ3) is 3.48.